The predicted molar refractivity (Wildman–Crippen MR) is 101 cm³/mol. The molecule has 9 nitrogen and oxygen atoms in total. The van der Waals surface area contributed by atoms with Gasteiger partial charge in [-0.1, -0.05) is 0 Å². The highest BCUT2D eigenvalue weighted by Crippen LogP contribution is 2.27. The van der Waals surface area contributed by atoms with E-state index in [9.17, 15) is 19.2 Å². The number of rotatable bonds is 2. The zero-order valence-electron chi connectivity index (χ0n) is 16.2. The Morgan fingerprint density at radius 2 is 1.75 bits per heavy atom. The van der Waals surface area contributed by atoms with Crippen molar-refractivity contribution in [1.29, 1.82) is 0 Å². The molecule has 0 radical (unpaired) electrons. The first-order valence-corrected chi connectivity index (χ1v) is 9.12. The third kappa shape index (κ3) is 3.78. The number of nitrogens with two attached hydrogens (primary N) is 1. The molecule has 2 aliphatic rings. The first-order chi connectivity index (χ1) is 13.1. The number of benzene rings is 1. The van der Waals surface area contributed by atoms with Crippen LogP contribution in [0.3, 0.4) is 0 Å². The molecule has 150 valence electrons. The molecule has 5 amide bonds. The standard InChI is InChI=1S/C19H24N4O5/c1-19(2,3)28-18(27)23-15(24)9-8-14(16(23)25)22-11-10-21(17(22)26)13-6-4-12(20)5-7-13/h4-7,14H,8-11,20H2,1-3H3. The van der Waals surface area contributed by atoms with Crippen molar-refractivity contribution in [2.45, 2.75) is 45.3 Å². The summed E-state index contributed by atoms with van der Waals surface area (Å²) in [6, 6.07) is 5.63. The molecule has 2 fully saturated rings. The van der Waals surface area contributed by atoms with Crippen molar-refractivity contribution in [2.24, 2.45) is 0 Å². The maximum atomic E-state index is 12.9. The minimum Gasteiger partial charge on any atom is -0.443 e. The molecule has 0 spiro atoms. The zero-order valence-corrected chi connectivity index (χ0v) is 16.2. The molecule has 9 heteroatoms. The van der Waals surface area contributed by atoms with E-state index in [1.807, 2.05) is 0 Å². The molecule has 2 aliphatic heterocycles. The van der Waals surface area contributed by atoms with Gasteiger partial charge in [0.05, 0.1) is 0 Å². The molecule has 0 aromatic heterocycles. The molecular formula is C19H24N4O5. The molecule has 2 N–H and O–H groups in total. The van der Waals surface area contributed by atoms with E-state index in [1.54, 1.807) is 49.9 Å². The lowest BCUT2D eigenvalue weighted by atomic mass is 10.0. The Morgan fingerprint density at radius 1 is 1.11 bits per heavy atom. The Labute approximate surface area is 163 Å². The fourth-order valence-electron chi connectivity index (χ4n) is 3.29. The average Bonchev–Trinajstić information content (AvgIpc) is 2.96. The molecule has 0 bridgehead atoms. The highest BCUT2D eigenvalue weighted by molar-refractivity contribution is 6.13. The number of carbonyl (C=O) groups excluding carboxylic acids is 4. The van der Waals surface area contributed by atoms with Crippen LogP contribution in [0.2, 0.25) is 0 Å². The summed E-state index contributed by atoms with van der Waals surface area (Å²) in [7, 11) is 0. The van der Waals surface area contributed by atoms with Crippen molar-refractivity contribution in [3.63, 3.8) is 0 Å². The van der Waals surface area contributed by atoms with Crippen molar-refractivity contribution in [3.05, 3.63) is 24.3 Å². The number of ether oxygens (including phenoxy) is 1. The maximum absolute atomic E-state index is 12.9. The molecular weight excluding hydrogens is 364 g/mol. The Hall–Kier alpha value is -3.10. The summed E-state index contributed by atoms with van der Waals surface area (Å²) in [6.45, 7) is 5.66. The van der Waals surface area contributed by atoms with Gasteiger partial charge in [-0.05, 0) is 51.5 Å². The van der Waals surface area contributed by atoms with Gasteiger partial charge in [0.15, 0.2) is 0 Å². The van der Waals surface area contributed by atoms with Crippen LogP contribution in [0.15, 0.2) is 24.3 Å². The maximum Gasteiger partial charge on any atom is 0.424 e. The number of nitrogen functional groups attached to an aromatic ring is 1. The van der Waals surface area contributed by atoms with Gasteiger partial charge in [-0.15, -0.1) is 0 Å². The van der Waals surface area contributed by atoms with E-state index in [-0.39, 0.29) is 18.9 Å². The average molecular weight is 388 g/mol. The van der Waals surface area contributed by atoms with Crippen LogP contribution < -0.4 is 10.6 Å². The predicted octanol–water partition coefficient (Wildman–Crippen LogP) is 1.96. The van der Waals surface area contributed by atoms with Crippen molar-refractivity contribution in [2.75, 3.05) is 23.7 Å². The quantitative estimate of drug-likeness (QED) is 0.612. The van der Waals surface area contributed by atoms with Crippen LogP contribution in [0, 0.1) is 0 Å². The monoisotopic (exact) mass is 388 g/mol. The molecule has 0 aliphatic carbocycles. The molecule has 0 saturated carbocycles. The summed E-state index contributed by atoms with van der Waals surface area (Å²) in [5, 5.41) is 0. The fraction of sp³-hybridized carbons (Fsp3) is 0.474. The first kappa shape index (κ1) is 19.7. The van der Waals surface area contributed by atoms with Gasteiger partial charge < -0.3 is 15.4 Å². The van der Waals surface area contributed by atoms with Gasteiger partial charge in [0, 0.05) is 30.9 Å². The summed E-state index contributed by atoms with van der Waals surface area (Å²) in [5.74, 6) is -1.34. The number of piperidine rings is 1. The molecule has 3 rings (SSSR count). The van der Waals surface area contributed by atoms with Crippen molar-refractivity contribution in [1.82, 2.24) is 9.80 Å². The normalized spacial score (nSPS) is 20.8. The minimum atomic E-state index is -1.01. The SMILES string of the molecule is CC(C)(C)OC(=O)N1C(=O)CCC(N2CCN(c3ccc(N)cc3)C2=O)C1=O. The molecule has 1 aromatic rings. The van der Waals surface area contributed by atoms with Crippen LogP contribution in [0.1, 0.15) is 33.6 Å². The van der Waals surface area contributed by atoms with Gasteiger partial charge in [0.2, 0.25) is 5.91 Å². The number of likely N-dealkylation sites (tertiary alicyclic amines) is 1. The Bertz CT molecular complexity index is 815. The first-order valence-electron chi connectivity index (χ1n) is 9.12. The number of hydrogen-bond acceptors (Lipinski definition) is 6. The van der Waals surface area contributed by atoms with Crippen LogP contribution in [-0.4, -0.2) is 58.5 Å². The van der Waals surface area contributed by atoms with Gasteiger partial charge in [0.1, 0.15) is 11.6 Å². The van der Waals surface area contributed by atoms with Crippen molar-refractivity contribution >= 4 is 35.3 Å². The Kier molecular flexibility index (Phi) is 5.01. The number of anilines is 2. The molecule has 1 atom stereocenters. The Balaban J connectivity index is 1.77. The fourth-order valence-corrected chi connectivity index (χ4v) is 3.29. The number of hydrogen-bond donors (Lipinski definition) is 1. The Morgan fingerprint density at radius 3 is 2.36 bits per heavy atom. The molecule has 2 heterocycles. The number of amides is 5. The van der Waals surface area contributed by atoms with Crippen LogP contribution in [0.25, 0.3) is 0 Å². The minimum absolute atomic E-state index is 0.0126. The van der Waals surface area contributed by atoms with Gasteiger partial charge in [0.25, 0.3) is 5.91 Å². The topological polar surface area (TPSA) is 113 Å². The molecule has 1 unspecified atom stereocenters. The summed E-state index contributed by atoms with van der Waals surface area (Å²) in [4.78, 5) is 53.7. The van der Waals surface area contributed by atoms with Crippen LogP contribution in [-0.2, 0) is 14.3 Å². The second-order valence-corrected chi connectivity index (χ2v) is 7.82. The summed E-state index contributed by atoms with van der Waals surface area (Å²) in [5.41, 5.74) is 6.09. The molecule has 28 heavy (non-hydrogen) atoms. The second-order valence-electron chi connectivity index (χ2n) is 7.82. The van der Waals surface area contributed by atoms with E-state index < -0.39 is 29.6 Å². The van der Waals surface area contributed by atoms with Crippen LogP contribution in [0.4, 0.5) is 21.0 Å². The summed E-state index contributed by atoms with van der Waals surface area (Å²) < 4.78 is 5.18. The van der Waals surface area contributed by atoms with E-state index in [1.165, 1.54) is 4.90 Å². The second kappa shape index (κ2) is 7.14. The number of nitrogens with zero attached hydrogens (tertiary/aromatic N) is 3. The lowest BCUT2D eigenvalue weighted by molar-refractivity contribution is -0.150. The van der Waals surface area contributed by atoms with E-state index in [0.29, 0.717) is 29.4 Å². The van der Waals surface area contributed by atoms with Crippen molar-refractivity contribution < 1.29 is 23.9 Å². The highest BCUT2D eigenvalue weighted by Gasteiger charge is 2.46. The zero-order chi connectivity index (χ0) is 20.6. The number of carbonyl (C=O) groups is 4. The third-order valence-electron chi connectivity index (χ3n) is 4.58. The number of imide groups is 3. The van der Waals surface area contributed by atoms with Gasteiger partial charge >= 0.3 is 12.1 Å². The lowest BCUT2D eigenvalue weighted by Crippen LogP contribution is -2.57. The van der Waals surface area contributed by atoms with Crippen LogP contribution in [0.5, 0.6) is 0 Å². The van der Waals surface area contributed by atoms with Crippen molar-refractivity contribution in [3.8, 4) is 0 Å². The van der Waals surface area contributed by atoms with Gasteiger partial charge in [-0.3, -0.25) is 14.5 Å². The van der Waals surface area contributed by atoms with E-state index in [4.69, 9.17) is 10.5 Å². The third-order valence-corrected chi connectivity index (χ3v) is 4.58. The lowest BCUT2D eigenvalue weighted by Gasteiger charge is -2.34. The van der Waals surface area contributed by atoms with Gasteiger partial charge in [-0.25, -0.2) is 9.59 Å². The summed E-state index contributed by atoms with van der Waals surface area (Å²) in [6.07, 6.45) is -0.839. The summed E-state index contributed by atoms with van der Waals surface area (Å²) >= 11 is 0. The van der Waals surface area contributed by atoms with E-state index in [0.717, 1.165) is 0 Å². The number of urea groups is 1. The molecule has 1 aromatic carbocycles. The van der Waals surface area contributed by atoms with Gasteiger partial charge in [-0.2, -0.15) is 4.90 Å². The van der Waals surface area contributed by atoms with Crippen LogP contribution >= 0.6 is 0 Å². The van der Waals surface area contributed by atoms with E-state index >= 15 is 0 Å². The molecule has 2 saturated heterocycles. The van der Waals surface area contributed by atoms with E-state index in [2.05, 4.69) is 0 Å². The largest absolute Gasteiger partial charge is 0.443 e. The smallest absolute Gasteiger partial charge is 0.424 e. The highest BCUT2D eigenvalue weighted by atomic mass is 16.6.